The smallest absolute Gasteiger partial charge is 0.223 e. The number of benzene rings is 2. The maximum atomic E-state index is 15.0. The minimum atomic E-state index is -1.40. The molecule has 13 heteroatoms. The number of nitrogens with one attached hydrogen (secondary N) is 2. The van der Waals surface area contributed by atoms with Gasteiger partial charge < -0.3 is 54.4 Å². The summed E-state index contributed by atoms with van der Waals surface area (Å²) < 4.78 is 25.8. The topological polar surface area (TPSA) is 149 Å². The number of rotatable bonds is 11. The summed E-state index contributed by atoms with van der Waals surface area (Å²) in [6.45, 7) is 15.8. The molecule has 1 amide bonds. The molecular formula is C49H75ClN4O8. The summed E-state index contributed by atoms with van der Waals surface area (Å²) in [5.74, 6) is -1.43. The van der Waals surface area contributed by atoms with E-state index in [1.54, 1.807) is 7.11 Å². The van der Waals surface area contributed by atoms with E-state index in [2.05, 4.69) is 59.5 Å². The van der Waals surface area contributed by atoms with E-state index in [4.69, 9.17) is 30.5 Å². The van der Waals surface area contributed by atoms with Crippen LogP contribution in [0.4, 0.5) is 0 Å². The number of nitrogens with zero attached hydrogens (tertiary/aromatic N) is 2. The molecule has 1 aromatic heterocycles. The van der Waals surface area contributed by atoms with Gasteiger partial charge in [-0.05, 0) is 121 Å². The Labute approximate surface area is 375 Å². The quantitative estimate of drug-likeness (QED) is 0.151. The first-order valence-corrected chi connectivity index (χ1v) is 23.2. The van der Waals surface area contributed by atoms with Crippen molar-refractivity contribution in [2.24, 2.45) is 23.7 Å². The van der Waals surface area contributed by atoms with Gasteiger partial charge in [0.05, 0.1) is 35.6 Å². The number of likely N-dealkylation sites (N-methyl/N-ethyl adjacent to an activating group) is 1. The molecule has 2 aromatic carbocycles. The first-order chi connectivity index (χ1) is 29.3. The molecule has 3 saturated heterocycles. The van der Waals surface area contributed by atoms with Crippen LogP contribution in [-0.2, 0) is 36.6 Å². The van der Waals surface area contributed by atoms with Gasteiger partial charge in [-0.2, -0.15) is 0 Å². The highest BCUT2D eigenvalue weighted by Gasteiger charge is 2.50. The van der Waals surface area contributed by atoms with Crippen LogP contribution in [0.5, 0.6) is 0 Å². The number of carbonyl (C=O) groups excluding carboxylic acids is 1. The summed E-state index contributed by atoms with van der Waals surface area (Å²) >= 11 is 6.26. The van der Waals surface area contributed by atoms with E-state index in [0.29, 0.717) is 50.2 Å². The van der Waals surface area contributed by atoms with Crippen molar-refractivity contribution in [1.82, 2.24) is 20.1 Å². The zero-order valence-electron chi connectivity index (χ0n) is 38.7. The molecule has 3 aliphatic heterocycles. The highest BCUT2D eigenvalue weighted by Crippen LogP contribution is 2.42. The molecule has 0 bridgehead atoms. The Bertz CT molecular complexity index is 1890. The van der Waals surface area contributed by atoms with Crippen molar-refractivity contribution >= 4 is 28.4 Å². The van der Waals surface area contributed by atoms with E-state index >= 15 is 4.79 Å². The molecule has 346 valence electrons. The Morgan fingerprint density at radius 2 is 1.69 bits per heavy atom. The van der Waals surface area contributed by atoms with Gasteiger partial charge >= 0.3 is 0 Å². The summed E-state index contributed by atoms with van der Waals surface area (Å²) in [6.07, 6.45) is 0.659. The second-order valence-corrected chi connectivity index (χ2v) is 20.3. The molecule has 0 spiro atoms. The zero-order valence-corrected chi connectivity index (χ0v) is 39.5. The monoisotopic (exact) mass is 883 g/mol. The molecule has 4 heterocycles. The number of hydrogen-bond donors (Lipinski definition) is 5. The molecule has 3 aliphatic rings. The van der Waals surface area contributed by atoms with E-state index in [1.807, 2.05) is 77.9 Å². The van der Waals surface area contributed by atoms with Crippen molar-refractivity contribution in [1.29, 1.82) is 0 Å². The van der Waals surface area contributed by atoms with Gasteiger partial charge in [0.1, 0.15) is 12.2 Å². The molecule has 3 fully saturated rings. The number of aromatic nitrogens is 1. The molecule has 62 heavy (non-hydrogen) atoms. The fourth-order valence-electron chi connectivity index (χ4n) is 11.0. The average Bonchev–Trinajstić information content (AvgIpc) is 3.62. The van der Waals surface area contributed by atoms with Crippen LogP contribution in [0.15, 0.2) is 54.7 Å². The van der Waals surface area contributed by atoms with E-state index in [0.717, 1.165) is 29.4 Å². The number of H-pyrrole nitrogens is 1. The van der Waals surface area contributed by atoms with Gasteiger partial charge in [-0.15, -0.1) is 0 Å². The molecule has 0 saturated carbocycles. The third-order valence-corrected chi connectivity index (χ3v) is 14.7. The second kappa shape index (κ2) is 20.7. The number of para-hydroxylation sites is 1. The molecule has 5 N–H and O–H groups in total. The number of amides is 1. The fourth-order valence-corrected chi connectivity index (χ4v) is 11.1. The van der Waals surface area contributed by atoms with Crippen molar-refractivity contribution in [3.05, 3.63) is 70.9 Å². The summed E-state index contributed by atoms with van der Waals surface area (Å²) in [6, 6.07) is 15.8. The van der Waals surface area contributed by atoms with Crippen LogP contribution >= 0.6 is 11.6 Å². The predicted molar refractivity (Wildman–Crippen MR) is 244 cm³/mol. The van der Waals surface area contributed by atoms with E-state index in [-0.39, 0.29) is 42.0 Å². The number of aliphatic hydroxyl groups excluding tert-OH is 2. The lowest BCUT2D eigenvalue weighted by molar-refractivity contribution is -0.298. The third kappa shape index (κ3) is 11.6. The number of halogens is 1. The van der Waals surface area contributed by atoms with Crippen molar-refractivity contribution in [3.8, 4) is 0 Å². The van der Waals surface area contributed by atoms with Crippen molar-refractivity contribution in [2.45, 2.75) is 153 Å². The van der Waals surface area contributed by atoms with Gasteiger partial charge in [-0.3, -0.25) is 4.79 Å². The van der Waals surface area contributed by atoms with Gasteiger partial charge in [0.15, 0.2) is 6.29 Å². The number of ether oxygens (including phenoxy) is 4. The maximum Gasteiger partial charge on any atom is 0.223 e. The average molecular weight is 884 g/mol. The highest BCUT2D eigenvalue weighted by molar-refractivity contribution is 6.30. The van der Waals surface area contributed by atoms with Crippen molar-refractivity contribution in [3.63, 3.8) is 0 Å². The summed E-state index contributed by atoms with van der Waals surface area (Å²) in [5.41, 5.74) is 1.10. The van der Waals surface area contributed by atoms with Crippen LogP contribution < -0.4 is 5.32 Å². The number of carbonyl (C=O) groups is 1. The lowest BCUT2D eigenvalue weighted by Crippen LogP contribution is -2.59. The van der Waals surface area contributed by atoms with Crippen LogP contribution in [0.25, 0.3) is 10.9 Å². The maximum absolute atomic E-state index is 15.0. The van der Waals surface area contributed by atoms with E-state index in [1.165, 1.54) is 5.56 Å². The van der Waals surface area contributed by atoms with Crippen LogP contribution in [-0.4, -0.2) is 143 Å². The molecule has 3 aromatic rings. The molecule has 15 atom stereocenters. The second-order valence-electron chi connectivity index (χ2n) is 19.9. The minimum Gasteiger partial charge on any atom is -0.387 e. The Morgan fingerprint density at radius 3 is 2.39 bits per heavy atom. The summed E-state index contributed by atoms with van der Waals surface area (Å²) in [7, 11) is 5.50. The van der Waals surface area contributed by atoms with Gasteiger partial charge in [0.2, 0.25) is 5.91 Å². The Balaban J connectivity index is 1.40. The first-order valence-electron chi connectivity index (χ1n) is 22.9. The van der Waals surface area contributed by atoms with Crippen molar-refractivity contribution in [2.75, 3.05) is 40.8 Å². The van der Waals surface area contributed by atoms with Gasteiger partial charge in [-0.25, -0.2) is 0 Å². The van der Waals surface area contributed by atoms with Crippen LogP contribution in [0.1, 0.15) is 85.3 Å². The highest BCUT2D eigenvalue weighted by atomic mass is 35.5. The van der Waals surface area contributed by atoms with Crippen LogP contribution in [0.2, 0.25) is 5.02 Å². The lowest BCUT2D eigenvalue weighted by Gasteiger charge is -2.49. The molecule has 0 aliphatic carbocycles. The standard InChI is InChI=1S/C49H75ClN4O8/c1-29-24-48(6,58)45(62-47-43(55)42(53(8)9)21-30(2)60-47)31(3)40(23-38-25-49(7,59-10)44(56)33(5)61-38)32(4)46(57)52-37(22-35-26-51-41-14-12-11-13-39(35)41)28-54(27-29)20-19-34-15-17-36(50)18-16-34/h11-18,26,29-33,37-38,40,42-45,47,51,55-56,58H,19-25,27-28H2,1-10H3,(H,52,57)/t29-,30-,31+,32-,33+,37?,38+,40+,42+,43-,44+,45-,47+,48-,49-/m1/s1. The third-order valence-electron chi connectivity index (χ3n) is 14.4. The van der Waals surface area contributed by atoms with Gasteiger partial charge in [-0.1, -0.05) is 62.7 Å². The Morgan fingerprint density at radius 1 is 0.984 bits per heavy atom. The fraction of sp³-hybridized carbons (Fsp3) is 0.694. The molecule has 0 radical (unpaired) electrons. The molecular weight excluding hydrogens is 808 g/mol. The number of hydrogen-bond acceptors (Lipinski definition) is 10. The zero-order chi connectivity index (χ0) is 45.1. The Kier molecular flexibility index (Phi) is 16.3. The first kappa shape index (κ1) is 48.8. The van der Waals surface area contributed by atoms with E-state index < -0.39 is 53.7 Å². The van der Waals surface area contributed by atoms with Crippen LogP contribution in [0, 0.1) is 23.7 Å². The molecule has 6 rings (SSSR count). The summed E-state index contributed by atoms with van der Waals surface area (Å²) in [5, 5.41) is 41.2. The number of methoxy groups -OCH3 is 1. The van der Waals surface area contributed by atoms with Crippen LogP contribution in [0.3, 0.4) is 0 Å². The predicted octanol–water partition coefficient (Wildman–Crippen LogP) is 6.22. The number of aromatic amines is 1. The SMILES string of the molecule is CO[C@]1(C)C[C@H](C[C@H]2[C@H](C)[C@@H](O[C@@H]3O[C@H](C)C[C@H](N(C)C)[C@H]3O)[C@](C)(O)C[C@@H](C)CN(CCc3ccc(Cl)cc3)CC(Cc3c[nH]c4ccccc34)NC(=O)[C@@H]2C)O[C@@H](C)[C@@H]1O. The lowest BCUT2D eigenvalue weighted by atomic mass is 9.70. The minimum absolute atomic E-state index is 0.00616. The van der Waals surface area contributed by atoms with Crippen molar-refractivity contribution < 1.29 is 39.1 Å². The largest absolute Gasteiger partial charge is 0.387 e. The number of aliphatic hydroxyl groups is 3. The Hall–Kier alpha value is -2.62. The van der Waals surface area contributed by atoms with Gasteiger partial charge in [0.25, 0.3) is 0 Å². The normalized spacial score (nSPS) is 38.3. The number of fused-ring (bicyclic) bond motifs is 1. The van der Waals surface area contributed by atoms with E-state index in [9.17, 15) is 15.3 Å². The molecule has 1 unspecified atom stereocenters. The summed E-state index contributed by atoms with van der Waals surface area (Å²) in [4.78, 5) is 22.9. The van der Waals surface area contributed by atoms with Gasteiger partial charge in [0, 0.05) is 73.3 Å². The molecule has 12 nitrogen and oxygen atoms in total.